The van der Waals surface area contributed by atoms with Gasteiger partial charge in [-0.2, -0.15) is 15.0 Å². The first-order chi connectivity index (χ1) is 6.61. The van der Waals surface area contributed by atoms with Crippen LogP contribution in [-0.4, -0.2) is 32.7 Å². The zero-order valence-corrected chi connectivity index (χ0v) is 11.2. The number of aliphatic imine (C=N–C) groups is 2. The van der Waals surface area contributed by atoms with E-state index >= 15 is 0 Å². The first-order valence-corrected chi connectivity index (χ1v) is 4.60. The van der Waals surface area contributed by atoms with Gasteiger partial charge in [-0.1, -0.05) is 6.92 Å². The maximum Gasteiger partial charge on any atom is 0.110 e. The molecule has 0 spiro atoms. The van der Waals surface area contributed by atoms with Crippen molar-refractivity contribution in [2.75, 3.05) is 0 Å². The average Bonchev–Trinajstić information content (AvgIpc) is 2.70. The van der Waals surface area contributed by atoms with Crippen LogP contribution >= 0.6 is 0 Å². The molecule has 0 N–H and O–H groups in total. The summed E-state index contributed by atoms with van der Waals surface area (Å²) in [7, 11) is 0. The minimum Gasteiger partial charge on any atom is -0.472 e. The number of aromatic nitrogens is 3. The Morgan fingerprint density at radius 2 is 2.20 bits per heavy atom. The molecule has 0 fully saturated rings. The monoisotopic (exact) mass is 383 g/mol. The molecule has 0 amide bonds. The van der Waals surface area contributed by atoms with Gasteiger partial charge in [-0.3, -0.25) is 4.99 Å². The van der Waals surface area contributed by atoms with Crippen molar-refractivity contribution in [1.29, 1.82) is 0 Å². The molecule has 2 rings (SSSR count). The summed E-state index contributed by atoms with van der Waals surface area (Å²) in [5.74, 6) is 0.578. The van der Waals surface area contributed by atoms with E-state index in [0.717, 1.165) is 12.1 Å². The minimum atomic E-state index is -0.421. The van der Waals surface area contributed by atoms with Gasteiger partial charge in [-0.15, -0.1) is 0 Å². The molecule has 0 aliphatic carbocycles. The van der Waals surface area contributed by atoms with Crippen LogP contribution in [0.25, 0.3) is 0 Å². The van der Waals surface area contributed by atoms with Gasteiger partial charge in [-0.05, 0) is 20.3 Å². The summed E-state index contributed by atoms with van der Waals surface area (Å²) in [6.45, 7) is 5.86. The third-order valence-electron chi connectivity index (χ3n) is 1.90. The van der Waals surface area contributed by atoms with Crippen LogP contribution in [0.1, 0.15) is 26.5 Å². The molecule has 0 bridgehead atoms. The van der Waals surface area contributed by atoms with Crippen LogP contribution in [0.3, 0.4) is 0 Å². The van der Waals surface area contributed by atoms with E-state index in [9.17, 15) is 0 Å². The third-order valence-corrected chi connectivity index (χ3v) is 1.90. The van der Waals surface area contributed by atoms with Gasteiger partial charge < -0.3 is 11.2 Å². The predicted molar refractivity (Wildman–Crippen MR) is 53.7 cm³/mol. The number of nitrogens with zero attached hydrogens (tertiary/aromatic N) is 5. The summed E-state index contributed by atoms with van der Waals surface area (Å²) < 4.78 is 0. The molecular weight excluding hydrogens is 370 g/mol. The summed E-state index contributed by atoms with van der Waals surface area (Å²) >= 11 is 0. The Balaban J connectivity index is 0.00000112. The molecule has 1 radical (unpaired) electrons. The quantitative estimate of drug-likeness (QED) is 0.674. The van der Waals surface area contributed by atoms with Gasteiger partial charge in [0, 0.05) is 25.9 Å². The van der Waals surface area contributed by atoms with Gasteiger partial charge in [0.2, 0.25) is 0 Å². The van der Waals surface area contributed by atoms with E-state index in [4.69, 9.17) is 0 Å². The largest absolute Gasteiger partial charge is 0.472 e. The van der Waals surface area contributed by atoms with Crippen LogP contribution in [0.5, 0.6) is 0 Å². The SMILES string of the molecule is CCc1cnn(C2=NC(C)(C)N=[C-]2)n1.[Ir]. The van der Waals surface area contributed by atoms with Crippen molar-refractivity contribution in [3.63, 3.8) is 0 Å². The van der Waals surface area contributed by atoms with Crippen molar-refractivity contribution in [2.45, 2.75) is 32.9 Å². The molecule has 0 aromatic carbocycles. The smallest absolute Gasteiger partial charge is 0.110 e. The second-order valence-electron chi connectivity index (χ2n) is 3.63. The first kappa shape index (κ1) is 12.2. The summed E-state index contributed by atoms with van der Waals surface area (Å²) in [5.41, 5.74) is 0.522. The summed E-state index contributed by atoms with van der Waals surface area (Å²) in [6.07, 6.45) is 5.41. The van der Waals surface area contributed by atoms with E-state index < -0.39 is 5.66 Å². The Hall–Kier alpha value is -0.871. The second-order valence-corrected chi connectivity index (χ2v) is 3.63. The average molecular weight is 382 g/mol. The van der Waals surface area contributed by atoms with Gasteiger partial charge in [0.1, 0.15) is 5.66 Å². The Labute approximate surface area is 102 Å². The standard InChI is InChI=1S/C9H12N5.Ir/c1-4-7-5-11-14(13-7)8-6-10-9(2,3)12-8;/h5H,4H2,1-3H3;/q-1;. The normalized spacial score (nSPS) is 17.4. The molecule has 2 heterocycles. The zero-order chi connectivity index (χ0) is 10.2. The van der Waals surface area contributed by atoms with Crippen LogP contribution in [0.4, 0.5) is 0 Å². The van der Waals surface area contributed by atoms with Crippen LogP contribution in [-0.2, 0) is 26.5 Å². The van der Waals surface area contributed by atoms with E-state index in [1.165, 1.54) is 4.80 Å². The van der Waals surface area contributed by atoms with Gasteiger partial charge in [0.05, 0.1) is 11.9 Å². The summed E-state index contributed by atoms with van der Waals surface area (Å²) in [6, 6.07) is 0. The van der Waals surface area contributed by atoms with Crippen molar-refractivity contribution < 1.29 is 20.1 Å². The molecule has 1 aromatic heterocycles. The van der Waals surface area contributed by atoms with Gasteiger partial charge in [0.15, 0.2) is 0 Å². The molecule has 0 atom stereocenters. The van der Waals surface area contributed by atoms with Crippen molar-refractivity contribution >= 4 is 12.1 Å². The van der Waals surface area contributed by atoms with Crippen LogP contribution in [0.2, 0.25) is 0 Å². The summed E-state index contributed by atoms with van der Waals surface area (Å²) in [4.78, 5) is 9.89. The number of rotatable bonds is 1. The van der Waals surface area contributed by atoms with Crippen molar-refractivity contribution in [3.05, 3.63) is 11.9 Å². The van der Waals surface area contributed by atoms with Gasteiger partial charge >= 0.3 is 0 Å². The molecule has 1 aliphatic heterocycles. The third kappa shape index (κ3) is 2.58. The maximum atomic E-state index is 4.32. The fraction of sp³-hybridized carbons (Fsp3) is 0.556. The molecule has 1 aliphatic rings. The number of hydrogen-bond acceptors (Lipinski definition) is 4. The second kappa shape index (κ2) is 4.33. The Kier molecular flexibility index (Phi) is 3.52. The minimum absolute atomic E-state index is 0. The van der Waals surface area contributed by atoms with Crippen molar-refractivity contribution in [2.24, 2.45) is 9.98 Å². The van der Waals surface area contributed by atoms with E-state index in [1.54, 1.807) is 6.20 Å². The Bertz CT molecular complexity index is 404. The van der Waals surface area contributed by atoms with Crippen LogP contribution in [0.15, 0.2) is 16.2 Å². The predicted octanol–water partition coefficient (Wildman–Crippen LogP) is 0.782. The van der Waals surface area contributed by atoms with Crippen LogP contribution in [0, 0.1) is 0 Å². The molecule has 15 heavy (non-hydrogen) atoms. The number of aryl methyl sites for hydroxylation is 1. The summed E-state index contributed by atoms with van der Waals surface area (Å²) in [5, 5.41) is 8.32. The number of hydrogen-bond donors (Lipinski definition) is 0. The molecule has 0 saturated heterocycles. The van der Waals surface area contributed by atoms with E-state index in [1.807, 2.05) is 20.8 Å². The molecule has 0 saturated carbocycles. The zero-order valence-electron chi connectivity index (χ0n) is 8.85. The fourth-order valence-corrected chi connectivity index (χ4v) is 1.14. The molecule has 1 aromatic rings. The van der Waals surface area contributed by atoms with Gasteiger partial charge in [-0.25, -0.2) is 0 Å². The van der Waals surface area contributed by atoms with E-state index in [-0.39, 0.29) is 20.1 Å². The van der Waals surface area contributed by atoms with Crippen molar-refractivity contribution in [3.8, 4) is 0 Å². The molecule has 5 nitrogen and oxygen atoms in total. The Morgan fingerprint density at radius 3 is 2.67 bits per heavy atom. The molecular formula is C9H12IrN5-. The van der Waals surface area contributed by atoms with Crippen LogP contribution < -0.4 is 0 Å². The molecule has 6 heteroatoms. The first-order valence-electron chi connectivity index (χ1n) is 4.60. The van der Waals surface area contributed by atoms with E-state index in [2.05, 4.69) is 26.4 Å². The molecule has 0 unspecified atom stereocenters. The van der Waals surface area contributed by atoms with E-state index in [0.29, 0.717) is 5.84 Å². The Morgan fingerprint density at radius 1 is 1.47 bits per heavy atom. The fourth-order valence-electron chi connectivity index (χ4n) is 1.14. The van der Waals surface area contributed by atoms with Crippen molar-refractivity contribution in [1.82, 2.24) is 15.0 Å². The van der Waals surface area contributed by atoms with Gasteiger partial charge in [0.25, 0.3) is 0 Å². The maximum absolute atomic E-state index is 4.32. The molecule has 83 valence electrons. The topological polar surface area (TPSA) is 55.4 Å².